The topological polar surface area (TPSA) is 94.4 Å². The Morgan fingerprint density at radius 2 is 2.03 bits per heavy atom. The normalized spacial score (nSPS) is 15.9. The third-order valence-corrected chi connectivity index (χ3v) is 6.29. The Morgan fingerprint density at radius 1 is 1.18 bits per heavy atom. The van der Waals surface area contributed by atoms with E-state index in [1.54, 1.807) is 29.4 Å². The van der Waals surface area contributed by atoms with Gasteiger partial charge in [0, 0.05) is 43.8 Å². The maximum atomic E-state index is 13.1. The highest BCUT2D eigenvalue weighted by Gasteiger charge is 2.18. The van der Waals surface area contributed by atoms with Crippen molar-refractivity contribution < 1.29 is 14.3 Å². The fourth-order valence-corrected chi connectivity index (χ4v) is 4.20. The first-order chi connectivity index (χ1) is 16.6. The number of allylic oxidation sites excluding steroid dienone is 2. The van der Waals surface area contributed by atoms with Crippen molar-refractivity contribution in [2.45, 2.75) is 20.3 Å². The number of carbonyl (C=O) groups excluding carboxylic acids is 1. The van der Waals surface area contributed by atoms with Gasteiger partial charge < -0.3 is 14.8 Å². The van der Waals surface area contributed by atoms with Crippen molar-refractivity contribution in [2.24, 2.45) is 0 Å². The van der Waals surface area contributed by atoms with Crippen LogP contribution < -0.4 is 10.1 Å². The maximum Gasteiger partial charge on any atom is 0.274 e. The predicted molar refractivity (Wildman–Crippen MR) is 128 cm³/mol. The molecule has 1 amide bonds. The number of benzene rings is 1. The number of nitrogens with one attached hydrogen (secondary N) is 1. The molecule has 1 aliphatic heterocycles. The summed E-state index contributed by atoms with van der Waals surface area (Å²) in [6.45, 7) is 8.72. The highest BCUT2D eigenvalue weighted by molar-refractivity contribution is 6.03. The van der Waals surface area contributed by atoms with Gasteiger partial charge in [-0.3, -0.25) is 14.3 Å². The number of morpholine rings is 1. The molecule has 3 heterocycles. The van der Waals surface area contributed by atoms with Crippen LogP contribution in [0.5, 0.6) is 5.88 Å². The third kappa shape index (κ3) is 4.85. The maximum absolute atomic E-state index is 13.1. The molecule has 1 fully saturated rings. The second kappa shape index (κ2) is 9.74. The Labute approximate surface area is 198 Å². The van der Waals surface area contributed by atoms with Gasteiger partial charge in [0.2, 0.25) is 11.8 Å². The Bertz CT molecular complexity index is 1220. The summed E-state index contributed by atoms with van der Waals surface area (Å²) in [7, 11) is 0. The first-order valence-corrected chi connectivity index (χ1v) is 11.5. The first-order valence-electron chi connectivity index (χ1n) is 11.5. The van der Waals surface area contributed by atoms with Crippen molar-refractivity contribution in [2.75, 3.05) is 44.8 Å². The molecule has 0 radical (unpaired) electrons. The number of amides is 1. The van der Waals surface area contributed by atoms with Gasteiger partial charge in [-0.05, 0) is 49.1 Å². The van der Waals surface area contributed by atoms with E-state index in [2.05, 4.69) is 45.1 Å². The molecule has 0 saturated carbocycles. The summed E-state index contributed by atoms with van der Waals surface area (Å²) >= 11 is 0. The summed E-state index contributed by atoms with van der Waals surface area (Å²) in [5, 5.41) is 2.98. The molecule has 0 unspecified atom stereocenters. The molecular formula is C25H28N6O3. The standard InChI is InChI=1S/C25H28N6O3/c1-17-13-19-3-4-20(14-21(19)18(17)2)27-24(32)22-15-23(29-25(28-22)31-6-5-26-16-31)34-12-9-30-7-10-33-11-8-30/h3-6,14-16H,7-13H2,1-2H3,(H,27,32). The quantitative estimate of drug-likeness (QED) is 0.579. The average Bonchev–Trinajstić information content (AvgIpc) is 3.49. The molecule has 34 heavy (non-hydrogen) atoms. The van der Waals surface area contributed by atoms with Crippen LogP contribution >= 0.6 is 0 Å². The van der Waals surface area contributed by atoms with Crippen molar-refractivity contribution in [1.29, 1.82) is 0 Å². The van der Waals surface area contributed by atoms with Gasteiger partial charge in [0.05, 0.1) is 13.2 Å². The Hall–Kier alpha value is -3.56. The first kappa shape index (κ1) is 22.2. The van der Waals surface area contributed by atoms with E-state index in [4.69, 9.17) is 9.47 Å². The second-order valence-electron chi connectivity index (χ2n) is 8.57. The summed E-state index contributed by atoms with van der Waals surface area (Å²) in [4.78, 5) is 28.4. The van der Waals surface area contributed by atoms with Crippen LogP contribution in [0, 0.1) is 0 Å². The van der Waals surface area contributed by atoms with Crippen LogP contribution in [0.2, 0.25) is 0 Å². The zero-order valence-corrected chi connectivity index (χ0v) is 19.5. The number of ether oxygens (including phenoxy) is 2. The molecule has 2 aliphatic rings. The lowest BCUT2D eigenvalue weighted by molar-refractivity contribution is 0.0320. The van der Waals surface area contributed by atoms with E-state index < -0.39 is 0 Å². The lowest BCUT2D eigenvalue weighted by Gasteiger charge is -2.26. The van der Waals surface area contributed by atoms with Gasteiger partial charge in [0.25, 0.3) is 5.91 Å². The SMILES string of the molecule is CC1=C(C)c2cc(NC(=O)c3cc(OCCN4CCOCC4)nc(-n4ccnc4)n3)ccc2C1. The number of nitrogens with zero attached hydrogens (tertiary/aromatic N) is 5. The highest BCUT2D eigenvalue weighted by Crippen LogP contribution is 2.34. The number of anilines is 1. The van der Waals surface area contributed by atoms with E-state index in [1.807, 2.05) is 12.1 Å². The van der Waals surface area contributed by atoms with Crippen LogP contribution in [0.15, 0.2) is 48.6 Å². The molecule has 9 nitrogen and oxygen atoms in total. The van der Waals surface area contributed by atoms with Gasteiger partial charge in [-0.15, -0.1) is 0 Å². The van der Waals surface area contributed by atoms with E-state index in [0.29, 0.717) is 18.4 Å². The van der Waals surface area contributed by atoms with Crippen LogP contribution in [0.3, 0.4) is 0 Å². The molecule has 1 aliphatic carbocycles. The number of fused-ring (bicyclic) bond motifs is 1. The Morgan fingerprint density at radius 3 is 2.82 bits per heavy atom. The van der Waals surface area contributed by atoms with Crippen molar-refractivity contribution in [3.05, 3.63) is 65.4 Å². The Kier molecular flexibility index (Phi) is 6.37. The largest absolute Gasteiger partial charge is 0.476 e. The summed E-state index contributed by atoms with van der Waals surface area (Å²) in [6, 6.07) is 7.61. The fraction of sp³-hybridized carbons (Fsp3) is 0.360. The molecule has 0 spiro atoms. The summed E-state index contributed by atoms with van der Waals surface area (Å²) < 4.78 is 13.0. The number of rotatable bonds is 7. The van der Waals surface area contributed by atoms with Gasteiger partial charge in [0.15, 0.2) is 0 Å². The van der Waals surface area contributed by atoms with Crippen molar-refractivity contribution in [1.82, 2.24) is 24.4 Å². The molecule has 1 aromatic carbocycles. The molecule has 2 aromatic heterocycles. The van der Waals surface area contributed by atoms with Crippen LogP contribution in [0.25, 0.3) is 11.5 Å². The van der Waals surface area contributed by atoms with Gasteiger partial charge in [-0.25, -0.2) is 9.97 Å². The molecule has 1 N–H and O–H groups in total. The summed E-state index contributed by atoms with van der Waals surface area (Å²) in [6.07, 6.45) is 5.91. The molecule has 3 aromatic rings. The predicted octanol–water partition coefficient (Wildman–Crippen LogP) is 2.98. The zero-order chi connectivity index (χ0) is 23.5. The molecule has 1 saturated heterocycles. The van der Waals surface area contributed by atoms with Crippen molar-refractivity contribution >= 4 is 17.2 Å². The van der Waals surface area contributed by atoms with Gasteiger partial charge in [-0.2, -0.15) is 4.98 Å². The minimum atomic E-state index is -0.321. The van der Waals surface area contributed by atoms with Gasteiger partial charge >= 0.3 is 0 Å². The van der Waals surface area contributed by atoms with E-state index >= 15 is 0 Å². The lowest BCUT2D eigenvalue weighted by atomic mass is 10.1. The second-order valence-corrected chi connectivity index (χ2v) is 8.57. The molecule has 0 atom stereocenters. The van der Waals surface area contributed by atoms with Crippen molar-refractivity contribution in [3.8, 4) is 11.8 Å². The number of aromatic nitrogens is 4. The van der Waals surface area contributed by atoms with E-state index in [0.717, 1.165) is 45.0 Å². The number of hydrogen-bond donors (Lipinski definition) is 1. The lowest BCUT2D eigenvalue weighted by Crippen LogP contribution is -2.38. The smallest absolute Gasteiger partial charge is 0.274 e. The number of imidazole rings is 1. The van der Waals surface area contributed by atoms with Crippen molar-refractivity contribution in [3.63, 3.8) is 0 Å². The minimum Gasteiger partial charge on any atom is -0.476 e. The number of carbonyl (C=O) groups is 1. The molecule has 5 rings (SSSR count). The Balaban J connectivity index is 1.34. The van der Waals surface area contributed by atoms with Crippen LogP contribution in [0.1, 0.15) is 35.5 Å². The third-order valence-electron chi connectivity index (χ3n) is 6.29. The summed E-state index contributed by atoms with van der Waals surface area (Å²) in [5.74, 6) is 0.355. The van der Waals surface area contributed by atoms with Crippen LogP contribution in [0.4, 0.5) is 5.69 Å². The fourth-order valence-electron chi connectivity index (χ4n) is 4.20. The summed E-state index contributed by atoms with van der Waals surface area (Å²) in [5.41, 5.74) is 6.06. The molecular weight excluding hydrogens is 432 g/mol. The molecule has 0 bridgehead atoms. The van der Waals surface area contributed by atoms with E-state index in [1.165, 1.54) is 22.3 Å². The monoisotopic (exact) mass is 460 g/mol. The van der Waals surface area contributed by atoms with E-state index in [9.17, 15) is 4.79 Å². The van der Waals surface area contributed by atoms with Crippen LogP contribution in [-0.4, -0.2) is 69.8 Å². The molecule has 176 valence electrons. The molecule has 9 heteroatoms. The zero-order valence-electron chi connectivity index (χ0n) is 19.5. The van der Waals surface area contributed by atoms with E-state index in [-0.39, 0.29) is 11.6 Å². The minimum absolute atomic E-state index is 0.226. The number of hydrogen-bond acceptors (Lipinski definition) is 7. The van der Waals surface area contributed by atoms with Gasteiger partial charge in [0.1, 0.15) is 18.6 Å². The average molecular weight is 461 g/mol. The highest BCUT2D eigenvalue weighted by atomic mass is 16.5. The van der Waals surface area contributed by atoms with Crippen LogP contribution in [-0.2, 0) is 11.2 Å². The van der Waals surface area contributed by atoms with Gasteiger partial charge in [-0.1, -0.05) is 11.6 Å².